The third-order valence-electron chi connectivity index (χ3n) is 3.10. The van der Waals surface area contributed by atoms with E-state index in [-0.39, 0.29) is 29.7 Å². The van der Waals surface area contributed by atoms with E-state index in [1.807, 2.05) is 20.8 Å². The van der Waals surface area contributed by atoms with Crippen molar-refractivity contribution in [2.75, 3.05) is 32.3 Å². The number of thioether (sulfide) groups is 1. The molecule has 1 aliphatic rings. The monoisotopic (exact) mass is 315 g/mol. The summed E-state index contributed by atoms with van der Waals surface area (Å²) in [6.45, 7) is 5.96. The van der Waals surface area contributed by atoms with Crippen molar-refractivity contribution in [1.82, 2.24) is 15.1 Å². The molecule has 3 amide bonds. The van der Waals surface area contributed by atoms with Crippen molar-refractivity contribution in [3.8, 4) is 0 Å². The minimum Gasteiger partial charge on any atom is -0.347 e. The van der Waals surface area contributed by atoms with Gasteiger partial charge in [-0.1, -0.05) is 20.8 Å². The van der Waals surface area contributed by atoms with E-state index in [2.05, 4.69) is 5.32 Å². The summed E-state index contributed by atoms with van der Waals surface area (Å²) in [6.07, 6.45) is 0.411. The highest BCUT2D eigenvalue weighted by atomic mass is 32.2. The zero-order valence-electron chi connectivity index (χ0n) is 13.4. The molecular weight excluding hydrogens is 290 g/mol. The highest BCUT2D eigenvalue weighted by Crippen LogP contribution is 2.26. The zero-order chi connectivity index (χ0) is 16.2. The summed E-state index contributed by atoms with van der Waals surface area (Å²) >= 11 is 1.56. The fourth-order valence-electron chi connectivity index (χ4n) is 1.90. The number of carbonyl (C=O) groups excluding carboxylic acids is 3. The summed E-state index contributed by atoms with van der Waals surface area (Å²) in [4.78, 5) is 39.0. The van der Waals surface area contributed by atoms with Crippen LogP contribution in [0, 0.1) is 5.41 Å². The van der Waals surface area contributed by atoms with Gasteiger partial charge < -0.3 is 15.1 Å². The van der Waals surface area contributed by atoms with Crippen LogP contribution in [-0.2, 0) is 14.4 Å². The number of nitrogens with one attached hydrogen (secondary N) is 1. The Balaban J connectivity index is 2.58. The van der Waals surface area contributed by atoms with Crippen LogP contribution in [0.25, 0.3) is 0 Å². The highest BCUT2D eigenvalue weighted by Gasteiger charge is 2.35. The van der Waals surface area contributed by atoms with Gasteiger partial charge in [-0.15, -0.1) is 11.8 Å². The molecule has 7 heteroatoms. The molecule has 1 atom stereocenters. The predicted octanol–water partition coefficient (Wildman–Crippen LogP) is 0.529. The molecule has 6 nitrogen and oxygen atoms in total. The molecule has 0 saturated carbocycles. The van der Waals surface area contributed by atoms with Gasteiger partial charge in [-0.25, -0.2) is 0 Å². The van der Waals surface area contributed by atoms with E-state index < -0.39 is 6.04 Å². The van der Waals surface area contributed by atoms with Crippen molar-refractivity contribution in [2.24, 2.45) is 5.41 Å². The third kappa shape index (κ3) is 5.57. The van der Waals surface area contributed by atoms with Crippen molar-refractivity contribution in [3.05, 3.63) is 0 Å². The third-order valence-corrected chi connectivity index (χ3v) is 4.11. The first-order valence-electron chi connectivity index (χ1n) is 6.97. The van der Waals surface area contributed by atoms with Gasteiger partial charge in [0.2, 0.25) is 17.7 Å². The Kier molecular flexibility index (Phi) is 6.07. The van der Waals surface area contributed by atoms with Crippen molar-refractivity contribution >= 4 is 29.5 Å². The minimum absolute atomic E-state index is 0.00779. The Morgan fingerprint density at radius 2 is 1.90 bits per heavy atom. The molecule has 1 N–H and O–H groups in total. The van der Waals surface area contributed by atoms with Crippen molar-refractivity contribution in [3.63, 3.8) is 0 Å². The van der Waals surface area contributed by atoms with Crippen LogP contribution >= 0.6 is 11.8 Å². The van der Waals surface area contributed by atoms with Gasteiger partial charge >= 0.3 is 0 Å². The number of amides is 3. The molecule has 0 bridgehead atoms. The first kappa shape index (κ1) is 17.8. The van der Waals surface area contributed by atoms with E-state index in [0.29, 0.717) is 18.1 Å². The first-order valence-corrected chi connectivity index (χ1v) is 8.12. The Morgan fingerprint density at radius 3 is 2.43 bits per heavy atom. The lowest BCUT2D eigenvalue weighted by Gasteiger charge is -2.26. The number of nitrogens with zero attached hydrogens (tertiary/aromatic N) is 2. The summed E-state index contributed by atoms with van der Waals surface area (Å²) < 4.78 is 0. The van der Waals surface area contributed by atoms with Gasteiger partial charge in [0, 0.05) is 26.3 Å². The van der Waals surface area contributed by atoms with Crippen molar-refractivity contribution in [2.45, 2.75) is 33.2 Å². The van der Waals surface area contributed by atoms with Gasteiger partial charge in [0.25, 0.3) is 0 Å². The molecule has 0 radical (unpaired) electrons. The van der Waals surface area contributed by atoms with Crippen LogP contribution in [0.2, 0.25) is 0 Å². The second-order valence-corrected chi connectivity index (χ2v) is 7.62. The van der Waals surface area contributed by atoms with Crippen LogP contribution < -0.4 is 5.32 Å². The van der Waals surface area contributed by atoms with Crippen LogP contribution in [0.1, 0.15) is 27.2 Å². The Bertz CT molecular complexity index is 418. The molecule has 21 heavy (non-hydrogen) atoms. The average molecular weight is 315 g/mol. The molecule has 0 aromatic rings. The molecule has 1 saturated heterocycles. The lowest BCUT2D eigenvalue weighted by Crippen LogP contribution is -2.49. The van der Waals surface area contributed by atoms with Crippen LogP contribution in [0.15, 0.2) is 0 Å². The van der Waals surface area contributed by atoms with Crippen LogP contribution in [0.5, 0.6) is 0 Å². The summed E-state index contributed by atoms with van der Waals surface area (Å²) in [6, 6.07) is -0.472. The maximum absolute atomic E-state index is 12.3. The van der Waals surface area contributed by atoms with Gasteiger partial charge in [0.15, 0.2) is 0 Å². The quantitative estimate of drug-likeness (QED) is 0.821. The molecule has 0 aliphatic carbocycles. The van der Waals surface area contributed by atoms with Crippen LogP contribution in [0.4, 0.5) is 0 Å². The summed E-state index contributed by atoms with van der Waals surface area (Å²) in [5.41, 5.74) is -0.105. The second kappa shape index (κ2) is 7.15. The first-order chi connectivity index (χ1) is 9.61. The highest BCUT2D eigenvalue weighted by molar-refractivity contribution is 7.99. The molecule has 1 fully saturated rings. The molecule has 0 spiro atoms. The second-order valence-electron chi connectivity index (χ2n) is 6.62. The van der Waals surface area contributed by atoms with Gasteiger partial charge in [-0.05, 0) is 5.41 Å². The number of rotatable bonds is 4. The van der Waals surface area contributed by atoms with Crippen molar-refractivity contribution in [1.29, 1.82) is 0 Å². The Morgan fingerprint density at radius 1 is 1.29 bits per heavy atom. The van der Waals surface area contributed by atoms with Gasteiger partial charge in [0.1, 0.15) is 6.04 Å². The topological polar surface area (TPSA) is 69.7 Å². The predicted molar refractivity (Wildman–Crippen MR) is 83.7 cm³/mol. The molecular formula is C14H25N3O3S. The number of carbonyl (C=O) groups is 3. The maximum atomic E-state index is 12.3. The normalized spacial score (nSPS) is 18.5. The van der Waals surface area contributed by atoms with Gasteiger partial charge in [-0.2, -0.15) is 0 Å². The molecule has 120 valence electrons. The Hall–Kier alpha value is -1.24. The molecule has 0 aromatic carbocycles. The van der Waals surface area contributed by atoms with E-state index in [9.17, 15) is 14.4 Å². The number of hydrogen-bond donors (Lipinski definition) is 1. The number of hydrogen-bond acceptors (Lipinski definition) is 4. The van der Waals surface area contributed by atoms with E-state index in [0.717, 1.165) is 0 Å². The fraction of sp³-hybridized carbons (Fsp3) is 0.786. The van der Waals surface area contributed by atoms with Crippen LogP contribution in [-0.4, -0.2) is 65.8 Å². The molecule has 0 aromatic heterocycles. The average Bonchev–Trinajstić information content (AvgIpc) is 2.82. The molecule has 1 heterocycles. The van der Waals surface area contributed by atoms with E-state index in [1.165, 1.54) is 4.90 Å². The summed E-state index contributed by atoms with van der Waals surface area (Å²) in [5, 5.41) is 2.62. The molecule has 1 rings (SSSR count). The SMILES string of the molecule is CN(C)C(=O)CNC(=O)C1CSCN1C(=O)CC(C)(C)C. The zero-order valence-corrected chi connectivity index (χ0v) is 14.2. The van der Waals surface area contributed by atoms with Crippen molar-refractivity contribution < 1.29 is 14.4 Å². The smallest absolute Gasteiger partial charge is 0.244 e. The molecule has 1 unspecified atom stereocenters. The van der Waals surface area contributed by atoms with Gasteiger partial charge in [0.05, 0.1) is 12.4 Å². The standard InChI is InChI=1S/C14H25N3O3S/c1-14(2,3)6-11(18)17-9-21-8-10(17)13(20)15-7-12(19)16(4)5/h10H,6-9H2,1-5H3,(H,15,20). The minimum atomic E-state index is -0.472. The lowest BCUT2D eigenvalue weighted by molar-refractivity contribution is -0.140. The number of likely N-dealkylation sites (N-methyl/N-ethyl adjacent to an activating group) is 1. The lowest BCUT2D eigenvalue weighted by atomic mass is 9.91. The van der Waals surface area contributed by atoms with E-state index >= 15 is 0 Å². The Labute approximate surface area is 130 Å². The van der Waals surface area contributed by atoms with Gasteiger partial charge in [-0.3, -0.25) is 14.4 Å². The largest absolute Gasteiger partial charge is 0.347 e. The summed E-state index contributed by atoms with van der Waals surface area (Å²) in [7, 11) is 3.28. The van der Waals surface area contributed by atoms with E-state index in [1.54, 1.807) is 30.8 Å². The maximum Gasteiger partial charge on any atom is 0.244 e. The van der Waals surface area contributed by atoms with Crippen LogP contribution in [0.3, 0.4) is 0 Å². The van der Waals surface area contributed by atoms with E-state index in [4.69, 9.17) is 0 Å². The fourth-order valence-corrected chi connectivity index (χ4v) is 3.08. The summed E-state index contributed by atoms with van der Waals surface area (Å²) in [5.74, 6) is 0.692. The molecule has 1 aliphatic heterocycles.